The topological polar surface area (TPSA) is 92.7 Å². The summed E-state index contributed by atoms with van der Waals surface area (Å²) >= 11 is 0. The summed E-state index contributed by atoms with van der Waals surface area (Å²) in [4.78, 5) is 11.3. The summed E-state index contributed by atoms with van der Waals surface area (Å²) in [6.07, 6.45) is 1.42. The van der Waals surface area contributed by atoms with Crippen LogP contribution in [-0.4, -0.2) is 44.9 Å². The summed E-state index contributed by atoms with van der Waals surface area (Å²) in [5.74, 6) is -0.447. The average molecular weight is 301 g/mol. The molecule has 1 rings (SSSR count). The van der Waals surface area contributed by atoms with Gasteiger partial charge >= 0.3 is 5.97 Å². The van der Waals surface area contributed by atoms with E-state index in [-0.39, 0.29) is 17.9 Å². The Balaban J connectivity index is 2.61. The molecule has 112 valence electrons. The van der Waals surface area contributed by atoms with Crippen molar-refractivity contribution >= 4 is 15.8 Å². The van der Waals surface area contributed by atoms with Crippen LogP contribution in [0.15, 0.2) is 29.2 Å². The Labute approximate surface area is 118 Å². The molecule has 0 bridgehead atoms. The maximum absolute atomic E-state index is 11.3. The molecule has 0 spiro atoms. The fourth-order valence-corrected chi connectivity index (χ4v) is 2.13. The van der Waals surface area contributed by atoms with Crippen molar-refractivity contribution in [3.05, 3.63) is 24.3 Å². The van der Waals surface area contributed by atoms with Gasteiger partial charge in [-0.3, -0.25) is 4.79 Å². The molecular weight excluding hydrogens is 282 g/mol. The fourth-order valence-electron chi connectivity index (χ4n) is 1.49. The second-order valence-electron chi connectivity index (χ2n) is 4.73. The minimum Gasteiger partial charge on any atom is -0.494 e. The van der Waals surface area contributed by atoms with E-state index in [9.17, 15) is 13.2 Å². The molecule has 0 aliphatic heterocycles. The first kappa shape index (κ1) is 16.5. The van der Waals surface area contributed by atoms with Gasteiger partial charge in [-0.2, -0.15) is 0 Å². The molecule has 0 aliphatic rings. The van der Waals surface area contributed by atoms with Gasteiger partial charge in [-0.25, -0.2) is 8.42 Å². The quantitative estimate of drug-likeness (QED) is 0.778. The molecule has 0 fully saturated rings. The zero-order valence-electron chi connectivity index (χ0n) is 11.7. The highest BCUT2D eigenvalue weighted by atomic mass is 32.2. The van der Waals surface area contributed by atoms with Gasteiger partial charge in [0.15, 0.2) is 9.84 Å². The van der Waals surface area contributed by atoms with Crippen LogP contribution in [0.5, 0.6) is 5.75 Å². The summed E-state index contributed by atoms with van der Waals surface area (Å²) in [6.45, 7) is 1.79. The number of likely N-dealkylation sites (N-methyl/N-ethyl adjacent to an activating group) is 1. The lowest BCUT2D eigenvalue weighted by Crippen LogP contribution is -2.48. The zero-order chi connectivity index (χ0) is 15.4. The van der Waals surface area contributed by atoms with E-state index in [1.54, 1.807) is 26.1 Å². The van der Waals surface area contributed by atoms with E-state index in [0.717, 1.165) is 6.26 Å². The zero-order valence-corrected chi connectivity index (χ0v) is 12.5. The van der Waals surface area contributed by atoms with Crippen LogP contribution in [0.2, 0.25) is 0 Å². The second kappa shape index (κ2) is 6.23. The Hall–Kier alpha value is -1.60. The van der Waals surface area contributed by atoms with Crippen molar-refractivity contribution < 1.29 is 23.1 Å². The molecule has 0 aromatic heterocycles. The van der Waals surface area contributed by atoms with Crippen molar-refractivity contribution in [3.63, 3.8) is 0 Å². The summed E-state index contributed by atoms with van der Waals surface area (Å²) in [7, 11) is -1.64. The number of ether oxygens (including phenoxy) is 1. The van der Waals surface area contributed by atoms with Crippen LogP contribution >= 0.6 is 0 Å². The third-order valence-corrected chi connectivity index (χ3v) is 4.27. The molecule has 6 nitrogen and oxygen atoms in total. The van der Waals surface area contributed by atoms with Gasteiger partial charge in [0.05, 0.1) is 11.5 Å². The van der Waals surface area contributed by atoms with Crippen LogP contribution in [0.1, 0.15) is 13.3 Å². The Morgan fingerprint density at radius 2 is 1.90 bits per heavy atom. The Morgan fingerprint density at radius 3 is 2.30 bits per heavy atom. The van der Waals surface area contributed by atoms with Gasteiger partial charge in [-0.1, -0.05) is 0 Å². The van der Waals surface area contributed by atoms with Crippen molar-refractivity contribution in [3.8, 4) is 5.75 Å². The van der Waals surface area contributed by atoms with Gasteiger partial charge in [0, 0.05) is 12.7 Å². The normalized spacial score (nSPS) is 14.6. The number of benzene rings is 1. The molecule has 1 aromatic rings. The lowest BCUT2D eigenvalue weighted by atomic mass is 9.99. The molecule has 20 heavy (non-hydrogen) atoms. The number of carbonyl (C=O) groups is 1. The standard InChI is InChI=1S/C13H19NO5S/c1-13(14-2,12(15)16)8-9-19-10-4-6-11(7-5-10)20(3,17)18/h4-7,14H,8-9H2,1-3H3,(H,15,16). The van der Waals surface area contributed by atoms with E-state index in [4.69, 9.17) is 9.84 Å². The van der Waals surface area contributed by atoms with Crippen molar-refractivity contribution in [2.24, 2.45) is 0 Å². The van der Waals surface area contributed by atoms with Crippen molar-refractivity contribution in [2.75, 3.05) is 19.9 Å². The van der Waals surface area contributed by atoms with Gasteiger partial charge in [-0.15, -0.1) is 0 Å². The number of hydrogen-bond acceptors (Lipinski definition) is 5. The van der Waals surface area contributed by atoms with Crippen LogP contribution in [0.4, 0.5) is 0 Å². The lowest BCUT2D eigenvalue weighted by molar-refractivity contribution is -0.144. The number of carboxylic acids is 1. The molecule has 0 saturated heterocycles. The summed E-state index contributed by atoms with van der Waals surface area (Å²) < 4.78 is 28.0. The molecule has 7 heteroatoms. The maximum atomic E-state index is 11.3. The second-order valence-corrected chi connectivity index (χ2v) is 6.75. The van der Waals surface area contributed by atoms with Crippen LogP contribution in [-0.2, 0) is 14.6 Å². The van der Waals surface area contributed by atoms with Crippen LogP contribution < -0.4 is 10.1 Å². The number of hydrogen-bond donors (Lipinski definition) is 2. The minimum absolute atomic E-state index is 0.210. The van der Waals surface area contributed by atoms with Gasteiger partial charge in [0.2, 0.25) is 0 Å². The van der Waals surface area contributed by atoms with E-state index >= 15 is 0 Å². The largest absolute Gasteiger partial charge is 0.494 e. The first-order chi connectivity index (χ1) is 9.19. The highest BCUT2D eigenvalue weighted by Crippen LogP contribution is 2.17. The van der Waals surface area contributed by atoms with Gasteiger partial charge < -0.3 is 15.2 Å². The molecule has 1 unspecified atom stereocenters. The van der Waals surface area contributed by atoms with Crippen LogP contribution in [0.3, 0.4) is 0 Å². The third kappa shape index (κ3) is 4.21. The predicted octanol–water partition coefficient (Wildman–Crippen LogP) is 0.922. The van der Waals surface area contributed by atoms with Gasteiger partial charge in [0.1, 0.15) is 11.3 Å². The van der Waals surface area contributed by atoms with Crippen LogP contribution in [0.25, 0.3) is 0 Å². The van der Waals surface area contributed by atoms with E-state index in [2.05, 4.69) is 5.32 Å². The molecular formula is C13H19NO5S. The summed E-state index contributed by atoms with van der Waals surface area (Å²) in [6, 6.07) is 6.01. The number of aliphatic carboxylic acids is 1. The smallest absolute Gasteiger partial charge is 0.323 e. The third-order valence-electron chi connectivity index (χ3n) is 3.15. The highest BCUT2D eigenvalue weighted by Gasteiger charge is 2.30. The van der Waals surface area contributed by atoms with Gasteiger partial charge in [0.25, 0.3) is 0 Å². The molecule has 0 radical (unpaired) electrons. The van der Waals surface area contributed by atoms with E-state index in [0.29, 0.717) is 5.75 Å². The monoisotopic (exact) mass is 301 g/mol. The molecule has 0 heterocycles. The SMILES string of the molecule is CNC(C)(CCOc1ccc(S(C)(=O)=O)cc1)C(=O)O. The summed E-state index contributed by atoms with van der Waals surface area (Å²) in [5, 5.41) is 11.8. The van der Waals surface area contributed by atoms with Crippen molar-refractivity contribution in [2.45, 2.75) is 23.8 Å². The summed E-state index contributed by atoms with van der Waals surface area (Å²) in [5.41, 5.74) is -1.05. The van der Waals surface area contributed by atoms with E-state index < -0.39 is 21.3 Å². The first-order valence-electron chi connectivity index (χ1n) is 6.04. The molecule has 0 amide bonds. The van der Waals surface area contributed by atoms with Crippen LogP contribution in [0, 0.1) is 0 Å². The number of sulfone groups is 1. The van der Waals surface area contributed by atoms with Gasteiger partial charge in [-0.05, 0) is 38.2 Å². The first-order valence-corrected chi connectivity index (χ1v) is 7.93. The van der Waals surface area contributed by atoms with E-state index in [1.807, 2.05) is 0 Å². The molecule has 0 saturated carbocycles. The number of rotatable bonds is 7. The Morgan fingerprint density at radius 1 is 1.35 bits per heavy atom. The highest BCUT2D eigenvalue weighted by molar-refractivity contribution is 7.90. The van der Waals surface area contributed by atoms with E-state index in [1.165, 1.54) is 12.1 Å². The number of carboxylic acid groups (broad SMARTS) is 1. The molecule has 2 N–H and O–H groups in total. The Kier molecular flexibility index (Phi) is 5.13. The average Bonchev–Trinajstić information content (AvgIpc) is 2.37. The molecule has 1 aromatic carbocycles. The fraction of sp³-hybridized carbons (Fsp3) is 0.462. The lowest BCUT2D eigenvalue weighted by Gasteiger charge is -2.23. The predicted molar refractivity (Wildman–Crippen MR) is 74.8 cm³/mol. The number of nitrogens with one attached hydrogen (secondary N) is 1. The van der Waals surface area contributed by atoms with Crippen molar-refractivity contribution in [1.82, 2.24) is 5.32 Å². The minimum atomic E-state index is -3.22. The Bertz CT molecular complexity index is 567. The molecule has 0 aliphatic carbocycles. The molecule has 1 atom stereocenters. The van der Waals surface area contributed by atoms with Crippen molar-refractivity contribution in [1.29, 1.82) is 0 Å². The maximum Gasteiger partial charge on any atom is 0.323 e.